The van der Waals surface area contributed by atoms with Crippen molar-refractivity contribution in [2.24, 2.45) is 16.7 Å². The van der Waals surface area contributed by atoms with Crippen molar-refractivity contribution in [1.82, 2.24) is 9.97 Å². The molecule has 4 heteroatoms. The summed E-state index contributed by atoms with van der Waals surface area (Å²) in [7, 11) is 1.63. The maximum atomic E-state index is 5.17. The molecule has 4 nitrogen and oxygen atoms in total. The van der Waals surface area contributed by atoms with Gasteiger partial charge in [0.15, 0.2) is 0 Å². The second-order valence-corrected chi connectivity index (χ2v) is 6.92. The molecular weight excluding hydrogens is 238 g/mol. The van der Waals surface area contributed by atoms with Crippen molar-refractivity contribution >= 4 is 5.95 Å². The molecule has 0 saturated heterocycles. The van der Waals surface area contributed by atoms with Crippen LogP contribution in [0.5, 0.6) is 5.88 Å². The van der Waals surface area contributed by atoms with E-state index in [1.807, 2.05) is 0 Å². The van der Waals surface area contributed by atoms with Crippen LogP contribution >= 0.6 is 0 Å². The van der Waals surface area contributed by atoms with Gasteiger partial charge in [-0.2, -0.15) is 4.98 Å². The molecule has 19 heavy (non-hydrogen) atoms. The van der Waals surface area contributed by atoms with E-state index in [-0.39, 0.29) is 0 Å². The first-order valence-corrected chi connectivity index (χ1v) is 7.09. The Hall–Kier alpha value is -1.32. The van der Waals surface area contributed by atoms with Gasteiger partial charge in [-0.3, -0.25) is 0 Å². The molecule has 2 fully saturated rings. The number of rotatable bonds is 3. The Kier molecular flexibility index (Phi) is 2.73. The lowest BCUT2D eigenvalue weighted by molar-refractivity contribution is 0.154. The fourth-order valence-corrected chi connectivity index (χ4v) is 4.32. The van der Waals surface area contributed by atoms with Gasteiger partial charge in [-0.25, -0.2) is 4.98 Å². The Morgan fingerprint density at radius 3 is 2.79 bits per heavy atom. The van der Waals surface area contributed by atoms with Crippen LogP contribution in [0.2, 0.25) is 0 Å². The molecule has 1 aromatic heterocycles. The first-order valence-electron chi connectivity index (χ1n) is 7.09. The molecule has 3 unspecified atom stereocenters. The van der Waals surface area contributed by atoms with Crippen molar-refractivity contribution in [3.63, 3.8) is 0 Å². The zero-order valence-electron chi connectivity index (χ0n) is 12.2. The monoisotopic (exact) mass is 261 g/mol. The van der Waals surface area contributed by atoms with Crippen LogP contribution < -0.4 is 10.1 Å². The number of hydrogen-bond donors (Lipinski definition) is 1. The third-order valence-electron chi connectivity index (χ3n) is 5.38. The molecule has 3 atom stereocenters. The summed E-state index contributed by atoms with van der Waals surface area (Å²) in [5.41, 5.74) is 0.681. The molecule has 2 aliphatic rings. The summed E-state index contributed by atoms with van der Waals surface area (Å²) in [5, 5.41) is 3.58. The zero-order chi connectivity index (χ0) is 13.7. The second kappa shape index (κ2) is 4.09. The first kappa shape index (κ1) is 12.7. The van der Waals surface area contributed by atoms with E-state index < -0.39 is 0 Å². The third-order valence-corrected chi connectivity index (χ3v) is 5.38. The van der Waals surface area contributed by atoms with E-state index in [2.05, 4.69) is 36.1 Å². The second-order valence-electron chi connectivity index (χ2n) is 6.92. The number of nitrogens with one attached hydrogen (secondary N) is 1. The molecule has 0 aromatic carbocycles. The molecule has 0 radical (unpaired) electrons. The summed E-state index contributed by atoms with van der Waals surface area (Å²) < 4.78 is 5.17. The Labute approximate surface area is 115 Å². The van der Waals surface area contributed by atoms with Gasteiger partial charge in [0.05, 0.1) is 7.11 Å². The van der Waals surface area contributed by atoms with Crippen LogP contribution in [0.25, 0.3) is 0 Å². The minimum absolute atomic E-state index is 0.305. The highest BCUT2D eigenvalue weighted by Crippen LogP contribution is 2.62. The molecule has 1 N–H and O–H groups in total. The summed E-state index contributed by atoms with van der Waals surface area (Å²) in [5.74, 6) is 2.12. The van der Waals surface area contributed by atoms with Crippen LogP contribution in [-0.4, -0.2) is 23.1 Å². The van der Waals surface area contributed by atoms with Crippen LogP contribution in [0.15, 0.2) is 12.3 Å². The number of anilines is 1. The van der Waals surface area contributed by atoms with Crippen molar-refractivity contribution in [2.45, 2.75) is 46.1 Å². The SMILES string of the molecule is COc1ccnc(NC2C3(C)CCC(C3)C2(C)C)n1. The highest BCUT2D eigenvalue weighted by atomic mass is 16.5. The smallest absolute Gasteiger partial charge is 0.226 e. The van der Waals surface area contributed by atoms with Gasteiger partial charge in [0, 0.05) is 18.3 Å². The van der Waals surface area contributed by atoms with E-state index in [0.717, 1.165) is 5.92 Å². The Morgan fingerprint density at radius 1 is 1.37 bits per heavy atom. The van der Waals surface area contributed by atoms with E-state index in [4.69, 9.17) is 4.74 Å². The predicted octanol–water partition coefficient (Wildman–Crippen LogP) is 3.11. The van der Waals surface area contributed by atoms with Crippen LogP contribution in [-0.2, 0) is 0 Å². The summed E-state index contributed by atoms with van der Waals surface area (Å²) in [6, 6.07) is 2.21. The first-order chi connectivity index (χ1) is 8.95. The lowest BCUT2D eigenvalue weighted by Gasteiger charge is -2.43. The Balaban J connectivity index is 1.86. The van der Waals surface area contributed by atoms with Crippen molar-refractivity contribution in [2.75, 3.05) is 12.4 Å². The van der Waals surface area contributed by atoms with Crippen molar-refractivity contribution < 1.29 is 4.74 Å². The van der Waals surface area contributed by atoms with Crippen molar-refractivity contribution in [3.05, 3.63) is 12.3 Å². The van der Waals surface area contributed by atoms with E-state index in [0.29, 0.717) is 28.7 Å². The molecule has 2 saturated carbocycles. The fourth-order valence-electron chi connectivity index (χ4n) is 4.32. The largest absolute Gasteiger partial charge is 0.481 e. The van der Waals surface area contributed by atoms with Gasteiger partial charge in [0.2, 0.25) is 11.8 Å². The highest BCUT2D eigenvalue weighted by Gasteiger charge is 2.59. The number of ether oxygens (including phenoxy) is 1. The molecule has 0 aliphatic heterocycles. The molecule has 1 aromatic rings. The third kappa shape index (κ3) is 1.88. The molecule has 0 amide bonds. The van der Waals surface area contributed by atoms with Crippen LogP contribution in [0.4, 0.5) is 5.95 Å². The van der Waals surface area contributed by atoms with Gasteiger partial charge in [-0.05, 0) is 36.0 Å². The Bertz CT molecular complexity index is 483. The average molecular weight is 261 g/mol. The van der Waals surface area contributed by atoms with E-state index in [9.17, 15) is 0 Å². The molecular formula is C15H23N3O. The van der Waals surface area contributed by atoms with Crippen LogP contribution in [0, 0.1) is 16.7 Å². The lowest BCUT2D eigenvalue weighted by Crippen LogP contribution is -2.46. The zero-order valence-corrected chi connectivity index (χ0v) is 12.2. The average Bonchev–Trinajstić information content (AvgIpc) is 2.86. The van der Waals surface area contributed by atoms with Crippen molar-refractivity contribution in [3.8, 4) is 5.88 Å². The Morgan fingerprint density at radius 2 is 2.16 bits per heavy atom. The van der Waals surface area contributed by atoms with E-state index >= 15 is 0 Å². The van der Waals surface area contributed by atoms with Gasteiger partial charge in [0.1, 0.15) is 0 Å². The maximum Gasteiger partial charge on any atom is 0.226 e. The number of hydrogen-bond acceptors (Lipinski definition) is 4. The van der Waals surface area contributed by atoms with E-state index in [1.165, 1.54) is 19.3 Å². The minimum atomic E-state index is 0.305. The molecule has 3 rings (SSSR count). The molecule has 1 heterocycles. The lowest BCUT2D eigenvalue weighted by atomic mass is 9.68. The summed E-state index contributed by atoms with van der Waals surface area (Å²) in [6.07, 6.45) is 5.74. The normalized spacial score (nSPS) is 35.4. The van der Waals surface area contributed by atoms with Gasteiger partial charge in [-0.1, -0.05) is 20.8 Å². The number of fused-ring (bicyclic) bond motifs is 2. The highest BCUT2D eigenvalue weighted by molar-refractivity contribution is 5.33. The van der Waals surface area contributed by atoms with Crippen molar-refractivity contribution in [1.29, 1.82) is 0 Å². The topological polar surface area (TPSA) is 47.0 Å². The van der Waals surface area contributed by atoms with Gasteiger partial charge >= 0.3 is 0 Å². The van der Waals surface area contributed by atoms with Crippen LogP contribution in [0.1, 0.15) is 40.0 Å². The van der Waals surface area contributed by atoms with Gasteiger partial charge in [0.25, 0.3) is 0 Å². The van der Waals surface area contributed by atoms with Crippen LogP contribution in [0.3, 0.4) is 0 Å². The maximum absolute atomic E-state index is 5.17. The number of nitrogens with zero attached hydrogens (tertiary/aromatic N) is 2. The molecule has 104 valence electrons. The summed E-state index contributed by atoms with van der Waals surface area (Å²) in [6.45, 7) is 7.15. The quantitative estimate of drug-likeness (QED) is 0.908. The van der Waals surface area contributed by atoms with E-state index in [1.54, 1.807) is 19.4 Å². The molecule has 2 aliphatic carbocycles. The number of aromatic nitrogens is 2. The minimum Gasteiger partial charge on any atom is -0.481 e. The summed E-state index contributed by atoms with van der Waals surface area (Å²) in [4.78, 5) is 8.72. The summed E-state index contributed by atoms with van der Waals surface area (Å²) >= 11 is 0. The van der Waals surface area contributed by atoms with Gasteiger partial charge in [-0.15, -0.1) is 0 Å². The standard InChI is InChI=1S/C15H23N3O/c1-14(2)10-5-7-15(3,9-10)12(14)18-13-16-8-6-11(17-13)19-4/h6,8,10,12H,5,7,9H2,1-4H3,(H,16,17,18). The molecule has 2 bridgehead atoms. The predicted molar refractivity (Wildman–Crippen MR) is 75.2 cm³/mol. The fraction of sp³-hybridized carbons (Fsp3) is 0.733. The van der Waals surface area contributed by atoms with Gasteiger partial charge < -0.3 is 10.1 Å². The number of methoxy groups -OCH3 is 1. The molecule has 0 spiro atoms.